The molecule has 2 N–H and O–H groups in total. The van der Waals surface area contributed by atoms with Crippen molar-refractivity contribution >= 4 is 33.9 Å². The van der Waals surface area contributed by atoms with Crippen LogP contribution in [0.2, 0.25) is 0 Å². The van der Waals surface area contributed by atoms with Gasteiger partial charge in [0.05, 0.1) is 10.9 Å². The lowest BCUT2D eigenvalue weighted by molar-refractivity contribution is -0.134. The minimum atomic E-state index is -1.24. The fourth-order valence-corrected chi connectivity index (χ4v) is 3.70. The van der Waals surface area contributed by atoms with Gasteiger partial charge in [-0.1, -0.05) is 60.7 Å². The first-order valence-corrected chi connectivity index (χ1v) is 11.9. The molecule has 4 aromatic carbocycles. The summed E-state index contributed by atoms with van der Waals surface area (Å²) in [5.74, 6) is 0.710. The Morgan fingerprint density at radius 3 is 2.03 bits per heavy atom. The van der Waals surface area contributed by atoms with Crippen LogP contribution in [0.25, 0.3) is 6.08 Å². The largest absolute Gasteiger partial charge is 0.477 e. The molecular weight excluding hydrogens is 522 g/mol. The smallest absolute Gasteiger partial charge is 0.352 e. The molecule has 7 heteroatoms. The topological polar surface area (TPSA) is 84.9 Å². The van der Waals surface area contributed by atoms with Crippen LogP contribution in [0.5, 0.6) is 23.0 Å². The fourth-order valence-electron chi connectivity index (χ4n) is 3.34. The summed E-state index contributed by atoms with van der Waals surface area (Å²) >= 11 is 3.44. The number of hydrogen-bond acceptors (Lipinski definition) is 4. The van der Waals surface area contributed by atoms with Gasteiger partial charge in [-0.25, -0.2) is 4.79 Å². The van der Waals surface area contributed by atoms with Gasteiger partial charge >= 0.3 is 5.97 Å². The fraction of sp³-hybridized carbons (Fsp3) is 0.0345. The van der Waals surface area contributed by atoms with Crippen LogP contribution in [0.3, 0.4) is 0 Å². The van der Waals surface area contributed by atoms with Crippen LogP contribution in [-0.2, 0) is 16.0 Å². The van der Waals surface area contributed by atoms with Crippen molar-refractivity contribution in [3.8, 4) is 23.0 Å². The van der Waals surface area contributed by atoms with Crippen molar-refractivity contribution in [3.05, 3.63) is 124 Å². The Morgan fingerprint density at radius 2 is 1.33 bits per heavy atom. The molecule has 180 valence electrons. The first kappa shape index (κ1) is 24.8. The summed E-state index contributed by atoms with van der Waals surface area (Å²) in [6.45, 7) is 0. The summed E-state index contributed by atoms with van der Waals surface area (Å²) in [5.41, 5.74) is 0.998. The number of carboxylic acids is 1. The van der Waals surface area contributed by atoms with Crippen molar-refractivity contribution in [2.75, 3.05) is 0 Å². The molecule has 0 atom stereocenters. The van der Waals surface area contributed by atoms with Crippen molar-refractivity contribution in [3.63, 3.8) is 0 Å². The third kappa shape index (κ3) is 6.84. The van der Waals surface area contributed by atoms with E-state index in [0.29, 0.717) is 34.1 Å². The van der Waals surface area contributed by atoms with Gasteiger partial charge in [0.2, 0.25) is 5.91 Å². The highest BCUT2D eigenvalue weighted by molar-refractivity contribution is 9.10. The molecule has 4 rings (SSSR count). The van der Waals surface area contributed by atoms with Crippen molar-refractivity contribution in [1.82, 2.24) is 5.32 Å². The molecule has 0 spiro atoms. The second kappa shape index (κ2) is 11.9. The summed E-state index contributed by atoms with van der Waals surface area (Å²) in [6.07, 6.45) is 1.35. The average molecular weight is 544 g/mol. The van der Waals surface area contributed by atoms with Gasteiger partial charge in [0, 0.05) is 5.56 Å². The number of nitrogens with one attached hydrogen (secondary N) is 1. The maximum absolute atomic E-state index is 12.7. The number of carboxylic acid groups (broad SMARTS) is 1. The van der Waals surface area contributed by atoms with Gasteiger partial charge in [-0.3, -0.25) is 4.79 Å². The van der Waals surface area contributed by atoms with E-state index < -0.39 is 11.9 Å². The molecule has 6 nitrogen and oxygen atoms in total. The van der Waals surface area contributed by atoms with Crippen molar-refractivity contribution in [2.45, 2.75) is 6.42 Å². The lowest BCUT2D eigenvalue weighted by Crippen LogP contribution is -2.28. The summed E-state index contributed by atoms with van der Waals surface area (Å²) in [4.78, 5) is 24.5. The zero-order valence-electron chi connectivity index (χ0n) is 19.1. The van der Waals surface area contributed by atoms with Gasteiger partial charge in [-0.15, -0.1) is 0 Å². The highest BCUT2D eigenvalue weighted by Gasteiger charge is 2.15. The van der Waals surface area contributed by atoms with Crippen LogP contribution < -0.4 is 14.8 Å². The van der Waals surface area contributed by atoms with E-state index in [9.17, 15) is 14.7 Å². The number of aliphatic carboxylic acids is 1. The quantitative estimate of drug-likeness (QED) is 0.226. The Kier molecular flexibility index (Phi) is 8.16. The van der Waals surface area contributed by atoms with Crippen molar-refractivity contribution in [1.29, 1.82) is 0 Å². The average Bonchev–Trinajstić information content (AvgIpc) is 2.88. The van der Waals surface area contributed by atoms with Gasteiger partial charge in [0.25, 0.3) is 0 Å². The molecule has 0 heterocycles. The van der Waals surface area contributed by atoms with E-state index in [1.54, 1.807) is 42.5 Å². The van der Waals surface area contributed by atoms with Gasteiger partial charge in [0.15, 0.2) is 0 Å². The maximum Gasteiger partial charge on any atom is 0.352 e. The summed E-state index contributed by atoms with van der Waals surface area (Å²) in [5, 5.41) is 12.1. The SMILES string of the molecule is O=C(Cc1ccccc1Oc1ccccc1)NC(=Cc1ccc(Oc2ccccc2Br)cc1)C(=O)O. The second-order valence-electron chi connectivity index (χ2n) is 7.71. The third-order valence-corrected chi connectivity index (χ3v) is 5.71. The Hall–Kier alpha value is -4.36. The maximum atomic E-state index is 12.7. The van der Waals surface area contributed by atoms with Crippen molar-refractivity contribution in [2.24, 2.45) is 0 Å². The first-order valence-electron chi connectivity index (χ1n) is 11.1. The highest BCUT2D eigenvalue weighted by Crippen LogP contribution is 2.29. The van der Waals surface area contributed by atoms with Gasteiger partial charge < -0.3 is 19.9 Å². The molecule has 36 heavy (non-hydrogen) atoms. The van der Waals surface area contributed by atoms with E-state index in [4.69, 9.17) is 9.47 Å². The predicted molar refractivity (Wildman–Crippen MR) is 141 cm³/mol. The van der Waals surface area contributed by atoms with E-state index in [1.165, 1.54) is 6.08 Å². The lowest BCUT2D eigenvalue weighted by Gasteiger charge is -2.12. The van der Waals surface area contributed by atoms with E-state index in [0.717, 1.165) is 4.47 Å². The Morgan fingerprint density at radius 1 is 0.750 bits per heavy atom. The van der Waals surface area contributed by atoms with E-state index in [-0.39, 0.29) is 12.1 Å². The second-order valence-corrected chi connectivity index (χ2v) is 8.57. The number of amides is 1. The molecule has 4 aromatic rings. The Labute approximate surface area is 216 Å². The molecular formula is C29H22BrNO5. The van der Waals surface area contributed by atoms with Gasteiger partial charge in [-0.2, -0.15) is 0 Å². The monoisotopic (exact) mass is 543 g/mol. The van der Waals surface area contributed by atoms with Crippen LogP contribution in [0, 0.1) is 0 Å². The van der Waals surface area contributed by atoms with Crippen LogP contribution in [0.1, 0.15) is 11.1 Å². The number of rotatable bonds is 9. The number of para-hydroxylation sites is 3. The summed E-state index contributed by atoms with van der Waals surface area (Å²) in [6, 6.07) is 30.7. The minimum absolute atomic E-state index is 0.0492. The van der Waals surface area contributed by atoms with E-state index in [2.05, 4.69) is 21.2 Å². The molecule has 0 aromatic heterocycles. The number of carbonyl (C=O) groups is 2. The van der Waals surface area contributed by atoms with Crippen LogP contribution in [-0.4, -0.2) is 17.0 Å². The Bertz CT molecular complexity index is 1380. The number of hydrogen-bond donors (Lipinski definition) is 2. The number of benzene rings is 4. The van der Waals surface area contributed by atoms with E-state index >= 15 is 0 Å². The molecule has 0 bridgehead atoms. The molecule has 0 aliphatic heterocycles. The molecule has 0 unspecified atom stereocenters. The van der Waals surface area contributed by atoms with Crippen molar-refractivity contribution < 1.29 is 24.2 Å². The number of ether oxygens (including phenoxy) is 2. The molecule has 0 saturated carbocycles. The van der Waals surface area contributed by atoms with E-state index in [1.807, 2.05) is 60.7 Å². The third-order valence-electron chi connectivity index (χ3n) is 5.05. The number of halogens is 1. The number of carbonyl (C=O) groups excluding carboxylic acids is 1. The predicted octanol–water partition coefficient (Wildman–Crippen LogP) is 6.82. The van der Waals surface area contributed by atoms with Crippen LogP contribution in [0.4, 0.5) is 0 Å². The zero-order valence-corrected chi connectivity index (χ0v) is 20.6. The molecule has 0 radical (unpaired) electrons. The molecule has 0 aliphatic carbocycles. The first-order chi connectivity index (χ1) is 17.5. The summed E-state index contributed by atoms with van der Waals surface area (Å²) in [7, 11) is 0. The molecule has 0 fully saturated rings. The molecule has 0 aliphatic rings. The Balaban J connectivity index is 1.44. The standard InChI is InChI=1S/C29H22BrNO5/c30-24-11-5-7-13-27(24)36-23-16-14-20(15-17-23)18-25(29(33)34)31-28(32)19-21-8-4-6-12-26(21)35-22-9-2-1-3-10-22/h1-18H,19H2,(H,31,32)(H,33,34). The summed E-state index contributed by atoms with van der Waals surface area (Å²) < 4.78 is 12.5. The molecule has 1 amide bonds. The van der Waals surface area contributed by atoms with Crippen LogP contribution >= 0.6 is 15.9 Å². The molecule has 0 saturated heterocycles. The van der Waals surface area contributed by atoms with Gasteiger partial charge in [-0.05, 0) is 70.0 Å². The zero-order chi connectivity index (χ0) is 25.3. The van der Waals surface area contributed by atoms with Crippen LogP contribution in [0.15, 0.2) is 113 Å². The minimum Gasteiger partial charge on any atom is -0.477 e. The van der Waals surface area contributed by atoms with Gasteiger partial charge in [0.1, 0.15) is 28.7 Å². The normalized spacial score (nSPS) is 11.0. The highest BCUT2D eigenvalue weighted by atomic mass is 79.9. The lowest BCUT2D eigenvalue weighted by atomic mass is 10.1.